The van der Waals surface area contributed by atoms with Gasteiger partial charge in [-0.1, -0.05) is 12.1 Å². The number of rotatable bonds is 6. The zero-order chi connectivity index (χ0) is 14.3. The second kappa shape index (κ2) is 7.63. The number of benzene rings is 1. The van der Waals surface area contributed by atoms with Crippen LogP contribution in [0.2, 0.25) is 0 Å². The van der Waals surface area contributed by atoms with E-state index in [0.717, 1.165) is 11.3 Å². The molecule has 0 aliphatic rings. The van der Waals surface area contributed by atoms with Crippen molar-refractivity contribution < 1.29 is 14.3 Å². The highest BCUT2D eigenvalue weighted by molar-refractivity contribution is 5.67. The lowest BCUT2D eigenvalue weighted by Crippen LogP contribution is -2.32. The fourth-order valence-corrected chi connectivity index (χ4v) is 1.48. The lowest BCUT2D eigenvalue weighted by molar-refractivity contribution is 0.105. The Bertz CT molecular complexity index is 390. The van der Waals surface area contributed by atoms with E-state index in [1.54, 1.807) is 7.05 Å². The van der Waals surface area contributed by atoms with Crippen LogP contribution in [0.25, 0.3) is 0 Å². The second-order valence-corrected chi connectivity index (χ2v) is 4.58. The van der Waals surface area contributed by atoms with Crippen LogP contribution >= 0.6 is 0 Å². The van der Waals surface area contributed by atoms with Gasteiger partial charge in [-0.15, -0.1) is 0 Å². The number of carbonyl (C=O) groups is 1. The molecule has 19 heavy (non-hydrogen) atoms. The van der Waals surface area contributed by atoms with Gasteiger partial charge in [-0.25, -0.2) is 4.79 Å². The summed E-state index contributed by atoms with van der Waals surface area (Å²) in [6.07, 6.45) is -0.221. The standard InChI is InChI=1S/C14H22N2O3/c1-11(2)19-13-6-4-12(5-7-13)10-18-14(17)16(3)9-8-15/h4-7,11H,8-10,15H2,1-3H3. The molecule has 0 aromatic heterocycles. The summed E-state index contributed by atoms with van der Waals surface area (Å²) >= 11 is 0. The Morgan fingerprint density at radius 3 is 2.47 bits per heavy atom. The van der Waals surface area contributed by atoms with Crippen LogP contribution in [0.3, 0.4) is 0 Å². The first-order valence-electron chi connectivity index (χ1n) is 6.36. The quantitative estimate of drug-likeness (QED) is 0.855. The minimum atomic E-state index is -0.368. The van der Waals surface area contributed by atoms with Crippen molar-refractivity contribution in [2.24, 2.45) is 5.73 Å². The summed E-state index contributed by atoms with van der Waals surface area (Å²) < 4.78 is 10.7. The monoisotopic (exact) mass is 266 g/mol. The maximum atomic E-state index is 11.5. The van der Waals surface area contributed by atoms with Gasteiger partial charge in [0, 0.05) is 20.1 Å². The average Bonchev–Trinajstić information content (AvgIpc) is 2.37. The highest BCUT2D eigenvalue weighted by Gasteiger charge is 2.08. The molecule has 0 bridgehead atoms. The molecular weight excluding hydrogens is 244 g/mol. The zero-order valence-corrected chi connectivity index (χ0v) is 11.8. The van der Waals surface area contributed by atoms with Crippen molar-refractivity contribution in [3.8, 4) is 5.75 Å². The van der Waals surface area contributed by atoms with Gasteiger partial charge in [0.15, 0.2) is 0 Å². The number of ether oxygens (including phenoxy) is 2. The average molecular weight is 266 g/mol. The minimum absolute atomic E-state index is 0.147. The van der Waals surface area contributed by atoms with Crippen LogP contribution in [0.4, 0.5) is 4.79 Å². The van der Waals surface area contributed by atoms with Gasteiger partial charge in [-0.3, -0.25) is 0 Å². The van der Waals surface area contributed by atoms with E-state index in [1.807, 2.05) is 38.1 Å². The summed E-state index contributed by atoms with van der Waals surface area (Å²) in [6, 6.07) is 7.50. The second-order valence-electron chi connectivity index (χ2n) is 4.58. The third-order valence-electron chi connectivity index (χ3n) is 2.43. The van der Waals surface area contributed by atoms with Gasteiger partial charge in [0.2, 0.25) is 0 Å². The molecule has 0 radical (unpaired) electrons. The van der Waals surface area contributed by atoms with Gasteiger partial charge in [-0.2, -0.15) is 0 Å². The highest BCUT2D eigenvalue weighted by Crippen LogP contribution is 2.14. The molecule has 2 N–H and O–H groups in total. The van der Waals surface area contributed by atoms with Crippen LogP contribution in [0.1, 0.15) is 19.4 Å². The van der Waals surface area contributed by atoms with Crippen LogP contribution in [0.5, 0.6) is 5.75 Å². The molecule has 0 aliphatic heterocycles. The van der Waals surface area contributed by atoms with Crippen molar-refractivity contribution in [1.82, 2.24) is 4.90 Å². The molecule has 0 atom stereocenters. The number of hydrogen-bond donors (Lipinski definition) is 1. The molecule has 0 saturated heterocycles. The molecule has 1 aromatic carbocycles. The molecule has 0 spiro atoms. The minimum Gasteiger partial charge on any atom is -0.491 e. The zero-order valence-electron chi connectivity index (χ0n) is 11.8. The molecule has 0 heterocycles. The maximum absolute atomic E-state index is 11.5. The molecule has 0 saturated carbocycles. The van der Waals surface area contributed by atoms with Crippen LogP contribution in [-0.2, 0) is 11.3 Å². The first-order valence-corrected chi connectivity index (χ1v) is 6.36. The summed E-state index contributed by atoms with van der Waals surface area (Å²) in [5.74, 6) is 0.810. The SMILES string of the molecule is CC(C)Oc1ccc(COC(=O)N(C)CCN)cc1. The highest BCUT2D eigenvalue weighted by atomic mass is 16.6. The summed E-state index contributed by atoms with van der Waals surface area (Å²) in [4.78, 5) is 13.0. The van der Waals surface area contributed by atoms with Crippen LogP contribution in [0, 0.1) is 0 Å². The number of amides is 1. The van der Waals surface area contributed by atoms with Crippen molar-refractivity contribution in [3.05, 3.63) is 29.8 Å². The van der Waals surface area contributed by atoms with E-state index in [1.165, 1.54) is 4.90 Å². The predicted molar refractivity (Wildman–Crippen MR) is 74.1 cm³/mol. The first kappa shape index (κ1) is 15.3. The van der Waals surface area contributed by atoms with Gasteiger partial charge in [0.1, 0.15) is 12.4 Å². The largest absolute Gasteiger partial charge is 0.491 e. The fourth-order valence-electron chi connectivity index (χ4n) is 1.48. The first-order chi connectivity index (χ1) is 9.02. The molecule has 0 unspecified atom stereocenters. The van der Waals surface area contributed by atoms with Crippen molar-refractivity contribution in [1.29, 1.82) is 0 Å². The smallest absolute Gasteiger partial charge is 0.409 e. The van der Waals surface area contributed by atoms with E-state index in [2.05, 4.69) is 0 Å². The molecule has 5 heteroatoms. The van der Waals surface area contributed by atoms with Crippen molar-refractivity contribution >= 4 is 6.09 Å². The van der Waals surface area contributed by atoms with Gasteiger partial charge < -0.3 is 20.1 Å². The number of nitrogens with two attached hydrogens (primary N) is 1. The topological polar surface area (TPSA) is 64.8 Å². The van der Waals surface area contributed by atoms with Crippen LogP contribution in [-0.4, -0.2) is 37.2 Å². The molecule has 1 rings (SSSR count). The normalized spacial score (nSPS) is 10.4. The molecular formula is C14H22N2O3. The van der Waals surface area contributed by atoms with Crippen LogP contribution < -0.4 is 10.5 Å². The molecule has 1 aromatic rings. The molecule has 1 amide bonds. The van der Waals surface area contributed by atoms with E-state index in [9.17, 15) is 4.79 Å². The van der Waals surface area contributed by atoms with E-state index in [4.69, 9.17) is 15.2 Å². The van der Waals surface area contributed by atoms with Gasteiger partial charge in [-0.05, 0) is 31.5 Å². The lowest BCUT2D eigenvalue weighted by Gasteiger charge is -2.16. The Kier molecular flexibility index (Phi) is 6.15. The summed E-state index contributed by atoms with van der Waals surface area (Å²) in [7, 11) is 1.66. The summed E-state index contributed by atoms with van der Waals surface area (Å²) in [5, 5.41) is 0. The Labute approximate surface area is 114 Å². The molecule has 106 valence electrons. The molecule has 5 nitrogen and oxygen atoms in total. The van der Waals surface area contributed by atoms with Crippen molar-refractivity contribution in [3.63, 3.8) is 0 Å². The van der Waals surface area contributed by atoms with Crippen molar-refractivity contribution in [2.45, 2.75) is 26.6 Å². The number of carbonyl (C=O) groups excluding carboxylic acids is 1. The Morgan fingerprint density at radius 1 is 1.32 bits per heavy atom. The van der Waals surface area contributed by atoms with Crippen molar-refractivity contribution in [2.75, 3.05) is 20.1 Å². The van der Waals surface area contributed by atoms with Gasteiger partial charge >= 0.3 is 6.09 Å². The summed E-state index contributed by atoms with van der Waals surface area (Å²) in [5.41, 5.74) is 6.29. The van der Waals surface area contributed by atoms with E-state index in [-0.39, 0.29) is 18.8 Å². The Balaban J connectivity index is 2.43. The number of likely N-dealkylation sites (N-methyl/N-ethyl adjacent to an activating group) is 1. The van der Waals surface area contributed by atoms with Gasteiger partial charge in [0.05, 0.1) is 6.10 Å². The predicted octanol–water partition coefficient (Wildman–Crippen LogP) is 2.00. The van der Waals surface area contributed by atoms with E-state index >= 15 is 0 Å². The lowest BCUT2D eigenvalue weighted by atomic mass is 10.2. The van der Waals surface area contributed by atoms with Crippen LogP contribution in [0.15, 0.2) is 24.3 Å². The Hall–Kier alpha value is -1.75. The molecule has 0 aliphatic carbocycles. The van der Waals surface area contributed by atoms with Gasteiger partial charge in [0.25, 0.3) is 0 Å². The fraction of sp³-hybridized carbons (Fsp3) is 0.500. The number of hydrogen-bond acceptors (Lipinski definition) is 4. The van der Waals surface area contributed by atoms with E-state index < -0.39 is 0 Å². The Morgan fingerprint density at radius 2 is 1.95 bits per heavy atom. The third kappa shape index (κ3) is 5.61. The number of nitrogens with zero attached hydrogens (tertiary/aromatic N) is 1. The third-order valence-corrected chi connectivity index (χ3v) is 2.43. The van der Waals surface area contributed by atoms with E-state index in [0.29, 0.717) is 13.1 Å². The maximum Gasteiger partial charge on any atom is 0.409 e. The summed E-state index contributed by atoms with van der Waals surface area (Å²) in [6.45, 7) is 5.11. The molecule has 0 fully saturated rings.